The van der Waals surface area contributed by atoms with Crippen molar-refractivity contribution in [2.45, 2.75) is 19.4 Å². The smallest absolute Gasteiger partial charge is 0.321 e. The summed E-state index contributed by atoms with van der Waals surface area (Å²) in [5.74, 6) is -1.97. The van der Waals surface area contributed by atoms with Crippen LogP contribution in [0.4, 0.5) is 11.6 Å². The molecule has 2 unspecified atom stereocenters. The van der Waals surface area contributed by atoms with Gasteiger partial charge in [0.05, 0.1) is 28.6 Å². The van der Waals surface area contributed by atoms with Crippen molar-refractivity contribution in [1.82, 2.24) is 9.55 Å². The standard InChI is InChI=1S/C23H24N4O6/c1-3-33-22(29)19-20(15-8-6-9-16(14-15)27(30)31)26-18-11-5-4-10-17(18)24-23(26)25(21(19)28)12-7-13-32-2/h4-6,8-11,14,19-20H,3,7,12-13H2,1-2H3. The minimum absolute atomic E-state index is 0.103. The number of nitrogens with zero attached hydrogens (tertiary/aromatic N) is 4. The Morgan fingerprint density at radius 2 is 2.00 bits per heavy atom. The van der Waals surface area contributed by atoms with Crippen molar-refractivity contribution >= 4 is 34.5 Å². The number of para-hydroxylation sites is 2. The molecule has 33 heavy (non-hydrogen) atoms. The molecule has 0 saturated heterocycles. The second-order valence-corrected chi connectivity index (χ2v) is 7.63. The summed E-state index contributed by atoms with van der Waals surface area (Å²) in [4.78, 5) is 43.9. The molecule has 0 fully saturated rings. The van der Waals surface area contributed by atoms with Crippen LogP contribution in [0.5, 0.6) is 0 Å². The van der Waals surface area contributed by atoms with E-state index in [0.29, 0.717) is 42.1 Å². The SMILES string of the molecule is CCOC(=O)C1C(=O)N(CCCOC)c2nc3ccccc3n2C1c1cccc([N+](=O)[O-])c1. The molecule has 1 aliphatic rings. The Labute approximate surface area is 189 Å². The molecule has 2 atom stereocenters. The van der Waals surface area contributed by atoms with Gasteiger partial charge in [0, 0.05) is 32.4 Å². The summed E-state index contributed by atoms with van der Waals surface area (Å²) >= 11 is 0. The van der Waals surface area contributed by atoms with E-state index in [9.17, 15) is 19.7 Å². The number of non-ortho nitro benzene ring substituents is 1. The van der Waals surface area contributed by atoms with Gasteiger partial charge in [0.1, 0.15) is 0 Å². The molecule has 4 rings (SSSR count). The zero-order chi connectivity index (χ0) is 23.5. The Kier molecular flexibility index (Phi) is 6.36. The first-order chi connectivity index (χ1) is 16.0. The summed E-state index contributed by atoms with van der Waals surface area (Å²) in [6.45, 7) is 2.50. The van der Waals surface area contributed by atoms with Gasteiger partial charge in [0.25, 0.3) is 5.69 Å². The number of hydrogen-bond acceptors (Lipinski definition) is 7. The predicted octanol–water partition coefficient (Wildman–Crippen LogP) is 3.10. The van der Waals surface area contributed by atoms with Crippen LogP contribution < -0.4 is 4.90 Å². The Balaban J connectivity index is 1.96. The molecule has 1 aromatic heterocycles. The summed E-state index contributed by atoms with van der Waals surface area (Å²) in [7, 11) is 1.58. The van der Waals surface area contributed by atoms with Gasteiger partial charge in [-0.25, -0.2) is 4.98 Å². The second kappa shape index (κ2) is 9.37. The summed E-state index contributed by atoms with van der Waals surface area (Å²) in [6, 6.07) is 12.5. The van der Waals surface area contributed by atoms with Crippen LogP contribution in [0.25, 0.3) is 11.0 Å². The largest absolute Gasteiger partial charge is 0.465 e. The highest BCUT2D eigenvalue weighted by Gasteiger charge is 2.47. The second-order valence-electron chi connectivity index (χ2n) is 7.63. The van der Waals surface area contributed by atoms with Crippen LogP contribution >= 0.6 is 0 Å². The summed E-state index contributed by atoms with van der Waals surface area (Å²) in [5, 5.41) is 11.4. The maximum absolute atomic E-state index is 13.7. The maximum atomic E-state index is 13.7. The van der Waals surface area contributed by atoms with Crippen LogP contribution in [-0.4, -0.2) is 53.2 Å². The van der Waals surface area contributed by atoms with Gasteiger partial charge in [0.2, 0.25) is 11.9 Å². The average Bonchev–Trinajstić information content (AvgIpc) is 3.19. The van der Waals surface area contributed by atoms with E-state index in [2.05, 4.69) is 4.98 Å². The topological polar surface area (TPSA) is 117 Å². The van der Waals surface area contributed by atoms with Crippen LogP contribution in [0.15, 0.2) is 48.5 Å². The van der Waals surface area contributed by atoms with Crippen molar-refractivity contribution < 1.29 is 24.0 Å². The van der Waals surface area contributed by atoms with Crippen molar-refractivity contribution in [2.75, 3.05) is 31.8 Å². The van der Waals surface area contributed by atoms with E-state index >= 15 is 0 Å². The van der Waals surface area contributed by atoms with Crippen LogP contribution in [0.1, 0.15) is 24.9 Å². The minimum Gasteiger partial charge on any atom is -0.465 e. The van der Waals surface area contributed by atoms with Crippen molar-refractivity contribution in [1.29, 1.82) is 0 Å². The molecule has 1 aliphatic heterocycles. The number of esters is 1. The van der Waals surface area contributed by atoms with Gasteiger partial charge in [-0.05, 0) is 31.0 Å². The molecule has 10 heteroatoms. The Bertz CT molecular complexity index is 1210. The lowest BCUT2D eigenvalue weighted by molar-refractivity contribution is -0.384. The summed E-state index contributed by atoms with van der Waals surface area (Å²) in [5.41, 5.74) is 1.69. The first kappa shape index (κ1) is 22.4. The molecule has 0 radical (unpaired) electrons. The Morgan fingerprint density at radius 3 is 2.73 bits per heavy atom. The highest BCUT2D eigenvalue weighted by molar-refractivity contribution is 6.08. The van der Waals surface area contributed by atoms with Crippen molar-refractivity contribution in [3.63, 3.8) is 0 Å². The third-order valence-corrected chi connectivity index (χ3v) is 5.64. The molecular formula is C23H24N4O6. The summed E-state index contributed by atoms with van der Waals surface area (Å²) in [6.07, 6.45) is 0.544. The zero-order valence-electron chi connectivity index (χ0n) is 18.3. The van der Waals surface area contributed by atoms with Crippen molar-refractivity contribution in [3.05, 3.63) is 64.2 Å². The number of carbonyl (C=O) groups excluding carboxylic acids is 2. The molecule has 0 bridgehead atoms. The van der Waals surface area contributed by atoms with E-state index in [4.69, 9.17) is 9.47 Å². The van der Waals surface area contributed by atoms with E-state index < -0.39 is 28.8 Å². The van der Waals surface area contributed by atoms with Gasteiger partial charge < -0.3 is 14.0 Å². The number of nitro groups is 1. The average molecular weight is 452 g/mol. The third kappa shape index (κ3) is 4.05. The molecule has 0 spiro atoms. The minimum atomic E-state index is -1.22. The molecule has 0 N–H and O–H groups in total. The first-order valence-corrected chi connectivity index (χ1v) is 10.7. The van der Waals surface area contributed by atoms with Crippen LogP contribution in [-0.2, 0) is 19.1 Å². The lowest BCUT2D eigenvalue weighted by Crippen LogP contribution is -2.50. The van der Waals surface area contributed by atoms with E-state index in [0.717, 1.165) is 0 Å². The van der Waals surface area contributed by atoms with Gasteiger partial charge in [-0.15, -0.1) is 0 Å². The number of anilines is 1. The lowest BCUT2D eigenvalue weighted by atomic mass is 9.89. The fourth-order valence-electron chi connectivity index (χ4n) is 4.25. The molecule has 10 nitrogen and oxygen atoms in total. The fourth-order valence-corrected chi connectivity index (χ4v) is 4.25. The van der Waals surface area contributed by atoms with Gasteiger partial charge >= 0.3 is 5.97 Å². The highest BCUT2D eigenvalue weighted by atomic mass is 16.6. The molecule has 0 aliphatic carbocycles. The van der Waals surface area contributed by atoms with E-state index in [1.807, 2.05) is 28.8 Å². The maximum Gasteiger partial charge on any atom is 0.321 e. The van der Waals surface area contributed by atoms with Crippen LogP contribution in [0.3, 0.4) is 0 Å². The number of benzene rings is 2. The lowest BCUT2D eigenvalue weighted by Gasteiger charge is -2.37. The quantitative estimate of drug-likeness (QED) is 0.169. The van der Waals surface area contributed by atoms with Crippen molar-refractivity contribution in [3.8, 4) is 0 Å². The monoisotopic (exact) mass is 452 g/mol. The number of aromatic nitrogens is 2. The molecule has 172 valence electrons. The fraction of sp³-hybridized carbons (Fsp3) is 0.348. The van der Waals surface area contributed by atoms with Gasteiger partial charge in [0.15, 0.2) is 5.92 Å². The number of ether oxygens (including phenoxy) is 2. The van der Waals surface area contributed by atoms with Gasteiger partial charge in [-0.2, -0.15) is 0 Å². The Morgan fingerprint density at radius 1 is 1.21 bits per heavy atom. The van der Waals surface area contributed by atoms with Crippen LogP contribution in [0, 0.1) is 16.0 Å². The molecule has 2 heterocycles. The zero-order valence-corrected chi connectivity index (χ0v) is 18.3. The molecule has 2 aromatic carbocycles. The molecule has 3 aromatic rings. The van der Waals surface area contributed by atoms with Gasteiger partial charge in [-0.3, -0.25) is 24.6 Å². The van der Waals surface area contributed by atoms with E-state index in [1.54, 1.807) is 26.2 Å². The molecule has 0 saturated carbocycles. The number of imidazole rings is 1. The summed E-state index contributed by atoms with van der Waals surface area (Å²) < 4.78 is 12.2. The number of fused-ring (bicyclic) bond motifs is 3. The molecular weight excluding hydrogens is 428 g/mol. The number of methoxy groups -OCH3 is 1. The number of carbonyl (C=O) groups is 2. The number of rotatable bonds is 8. The van der Waals surface area contributed by atoms with Crippen molar-refractivity contribution in [2.24, 2.45) is 5.92 Å². The van der Waals surface area contributed by atoms with Gasteiger partial charge in [-0.1, -0.05) is 24.3 Å². The Hall–Kier alpha value is -3.79. The highest BCUT2D eigenvalue weighted by Crippen LogP contribution is 2.41. The van der Waals surface area contributed by atoms with E-state index in [1.165, 1.54) is 17.0 Å². The predicted molar refractivity (Wildman–Crippen MR) is 120 cm³/mol. The first-order valence-electron chi connectivity index (χ1n) is 10.7. The molecule has 1 amide bonds. The van der Waals surface area contributed by atoms with Crippen LogP contribution in [0.2, 0.25) is 0 Å². The number of amides is 1. The third-order valence-electron chi connectivity index (χ3n) is 5.64. The number of nitro benzene ring substituents is 1. The number of hydrogen-bond donors (Lipinski definition) is 0. The normalized spacial score (nSPS) is 17.8. The van der Waals surface area contributed by atoms with E-state index in [-0.39, 0.29) is 12.3 Å².